The van der Waals surface area contributed by atoms with Gasteiger partial charge in [0, 0.05) is 27.7 Å². The van der Waals surface area contributed by atoms with E-state index in [1.165, 1.54) is 27.8 Å². The van der Waals surface area contributed by atoms with Crippen molar-refractivity contribution in [2.75, 3.05) is 0 Å². The van der Waals surface area contributed by atoms with Crippen molar-refractivity contribution >= 4 is 27.4 Å². The first-order valence-corrected chi connectivity index (χ1v) is 15.6. The molecule has 4 nitrogen and oxygen atoms in total. The summed E-state index contributed by atoms with van der Waals surface area (Å²) in [6, 6.07) is 33.8. The van der Waals surface area contributed by atoms with Crippen LogP contribution in [0.15, 0.2) is 126 Å². The largest absolute Gasteiger partial charge is 0.485 e. The lowest BCUT2D eigenvalue weighted by atomic mass is 9.72. The number of hydrogen-bond acceptors (Lipinski definition) is 3. The third kappa shape index (κ3) is 3.46. The van der Waals surface area contributed by atoms with Crippen LogP contribution in [0.25, 0.3) is 33.1 Å². The number of ether oxygens (including phenoxy) is 1. The molecule has 0 amide bonds. The zero-order valence-electron chi connectivity index (χ0n) is 25.1. The fourth-order valence-electron chi connectivity index (χ4n) is 8.52. The van der Waals surface area contributed by atoms with E-state index in [0.29, 0.717) is 17.0 Å². The number of fused-ring (bicyclic) bond motifs is 8. The summed E-state index contributed by atoms with van der Waals surface area (Å²) in [7, 11) is 0. The molecule has 0 N–H and O–H groups in total. The summed E-state index contributed by atoms with van der Waals surface area (Å²) in [6.45, 7) is 4.67. The second-order valence-electron chi connectivity index (χ2n) is 13.0. The standard InChI is InChI=1S/C41H29N3O/c1-41(2)33-14-5-3-10-26(33)30-20-32-38(21-34(30)41)45-37-16-8-12-28(39(32)37)29-13-7-9-25(23-43)40(29)44-35-15-6-4-11-27(35)31-19-24(22-42)17-18-36(31)44/h3-19,21,30,37,39H,20H2,1-2H3. The second-order valence-corrected chi connectivity index (χ2v) is 13.0. The molecular formula is C41H29N3O. The van der Waals surface area contributed by atoms with Crippen LogP contribution >= 0.6 is 0 Å². The van der Waals surface area contributed by atoms with Crippen molar-refractivity contribution in [3.8, 4) is 17.8 Å². The lowest BCUT2D eigenvalue weighted by Crippen LogP contribution is -2.22. The Hall–Kier alpha value is -5.58. The fraction of sp³-hybridized carbons (Fsp3) is 0.171. The van der Waals surface area contributed by atoms with Gasteiger partial charge in [0.1, 0.15) is 17.9 Å². The highest BCUT2D eigenvalue weighted by Crippen LogP contribution is 2.59. The number of hydrogen-bond donors (Lipinski definition) is 0. The monoisotopic (exact) mass is 579 g/mol. The first-order chi connectivity index (χ1) is 22.0. The summed E-state index contributed by atoms with van der Waals surface area (Å²) in [5.74, 6) is 1.39. The Morgan fingerprint density at radius 1 is 0.867 bits per heavy atom. The Balaban J connectivity index is 1.25. The average Bonchev–Trinajstić information content (AvgIpc) is 3.68. The summed E-state index contributed by atoms with van der Waals surface area (Å²) in [4.78, 5) is 0. The van der Waals surface area contributed by atoms with Gasteiger partial charge in [0.05, 0.1) is 39.8 Å². The van der Waals surface area contributed by atoms with Gasteiger partial charge >= 0.3 is 0 Å². The molecule has 1 aliphatic heterocycles. The summed E-state index contributed by atoms with van der Waals surface area (Å²) >= 11 is 0. The van der Waals surface area contributed by atoms with E-state index in [4.69, 9.17) is 4.74 Å². The molecule has 2 heterocycles. The van der Waals surface area contributed by atoms with Crippen LogP contribution in [0.1, 0.15) is 54.0 Å². The van der Waals surface area contributed by atoms with E-state index in [1.807, 2.05) is 42.5 Å². The average molecular weight is 580 g/mol. The lowest BCUT2D eigenvalue weighted by molar-refractivity contribution is 0.176. The minimum Gasteiger partial charge on any atom is -0.485 e. The van der Waals surface area contributed by atoms with Gasteiger partial charge in [-0.3, -0.25) is 0 Å². The first kappa shape index (κ1) is 25.9. The van der Waals surface area contributed by atoms with Crippen LogP contribution in [-0.2, 0) is 10.2 Å². The molecule has 3 aliphatic carbocycles. The molecule has 4 aliphatic rings. The third-order valence-corrected chi connectivity index (χ3v) is 10.5. The molecule has 4 aromatic carbocycles. The topological polar surface area (TPSA) is 61.7 Å². The van der Waals surface area contributed by atoms with Crippen molar-refractivity contribution in [1.29, 1.82) is 10.5 Å². The highest BCUT2D eigenvalue weighted by atomic mass is 16.5. The predicted octanol–water partition coefficient (Wildman–Crippen LogP) is 9.15. The Bertz CT molecular complexity index is 2350. The van der Waals surface area contributed by atoms with E-state index < -0.39 is 0 Å². The van der Waals surface area contributed by atoms with Crippen molar-refractivity contribution in [1.82, 2.24) is 4.57 Å². The molecule has 0 spiro atoms. The van der Waals surface area contributed by atoms with Crippen molar-refractivity contribution < 1.29 is 4.74 Å². The van der Waals surface area contributed by atoms with E-state index in [0.717, 1.165) is 45.2 Å². The summed E-state index contributed by atoms with van der Waals surface area (Å²) in [6.07, 6.45) is 9.66. The minimum absolute atomic E-state index is 0.0400. The zero-order valence-corrected chi connectivity index (χ0v) is 25.1. The lowest BCUT2D eigenvalue weighted by Gasteiger charge is -2.30. The maximum Gasteiger partial charge on any atom is 0.128 e. The van der Waals surface area contributed by atoms with Crippen molar-refractivity contribution in [2.45, 2.75) is 37.7 Å². The van der Waals surface area contributed by atoms with Crippen LogP contribution in [-0.4, -0.2) is 10.7 Å². The summed E-state index contributed by atoms with van der Waals surface area (Å²) < 4.78 is 8.96. The van der Waals surface area contributed by atoms with Crippen LogP contribution in [0.3, 0.4) is 0 Å². The highest BCUT2D eigenvalue weighted by molar-refractivity contribution is 6.10. The summed E-state index contributed by atoms with van der Waals surface area (Å²) in [5.41, 5.74) is 11.8. The highest BCUT2D eigenvalue weighted by Gasteiger charge is 2.48. The van der Waals surface area contributed by atoms with E-state index in [1.54, 1.807) is 0 Å². The predicted molar refractivity (Wildman–Crippen MR) is 178 cm³/mol. The van der Waals surface area contributed by atoms with Gasteiger partial charge in [0.2, 0.25) is 0 Å². The molecule has 0 radical (unpaired) electrons. The number of allylic oxidation sites excluding steroid dienone is 4. The maximum absolute atomic E-state index is 10.5. The SMILES string of the molecule is CC1(C)C2=CC3=C(CC2c2ccccc21)C1C(c2cccc(C#N)c2-n2c4ccccc4c4cc(C#N)ccc42)=CC=CC1O3. The molecule has 0 saturated heterocycles. The molecule has 214 valence electrons. The summed E-state index contributed by atoms with van der Waals surface area (Å²) in [5, 5.41) is 22.2. The minimum atomic E-state index is -0.0982. The van der Waals surface area contributed by atoms with Gasteiger partial charge in [-0.25, -0.2) is 0 Å². The first-order valence-electron chi connectivity index (χ1n) is 15.6. The molecule has 1 aromatic heterocycles. The number of nitrogens with zero attached hydrogens (tertiary/aromatic N) is 3. The van der Waals surface area contributed by atoms with Crippen LogP contribution < -0.4 is 0 Å². The van der Waals surface area contributed by atoms with Crippen molar-refractivity contribution in [3.63, 3.8) is 0 Å². The van der Waals surface area contributed by atoms with Gasteiger partial charge in [-0.2, -0.15) is 10.5 Å². The molecule has 0 bridgehead atoms. The molecular weight excluding hydrogens is 550 g/mol. The van der Waals surface area contributed by atoms with Gasteiger partial charge in [-0.1, -0.05) is 80.6 Å². The van der Waals surface area contributed by atoms with E-state index in [2.05, 4.69) is 97.3 Å². The third-order valence-electron chi connectivity index (χ3n) is 10.5. The molecule has 45 heavy (non-hydrogen) atoms. The van der Waals surface area contributed by atoms with E-state index in [-0.39, 0.29) is 17.4 Å². The zero-order chi connectivity index (χ0) is 30.4. The van der Waals surface area contributed by atoms with Gasteiger partial charge in [-0.15, -0.1) is 0 Å². The van der Waals surface area contributed by atoms with Crippen LogP contribution in [0.5, 0.6) is 0 Å². The maximum atomic E-state index is 10.5. The molecule has 4 heteroatoms. The normalized spacial score (nSPS) is 22.1. The Morgan fingerprint density at radius 3 is 2.56 bits per heavy atom. The quantitative estimate of drug-likeness (QED) is 0.209. The molecule has 9 rings (SSSR count). The van der Waals surface area contributed by atoms with Gasteiger partial charge in [0.25, 0.3) is 0 Å². The van der Waals surface area contributed by atoms with Gasteiger partial charge in [0.15, 0.2) is 0 Å². The van der Waals surface area contributed by atoms with Gasteiger partial charge in [-0.05, 0) is 76.8 Å². The molecule has 0 saturated carbocycles. The Morgan fingerprint density at radius 2 is 1.69 bits per heavy atom. The van der Waals surface area contributed by atoms with Crippen LogP contribution in [0.4, 0.5) is 0 Å². The number of aromatic nitrogens is 1. The molecule has 0 fully saturated rings. The Kier molecular flexibility index (Phi) is 5.30. The van der Waals surface area contributed by atoms with Crippen LogP contribution in [0.2, 0.25) is 0 Å². The molecule has 3 unspecified atom stereocenters. The number of rotatable bonds is 2. The van der Waals surface area contributed by atoms with Crippen molar-refractivity contribution in [2.24, 2.45) is 5.92 Å². The van der Waals surface area contributed by atoms with Gasteiger partial charge < -0.3 is 9.30 Å². The fourth-order valence-corrected chi connectivity index (χ4v) is 8.52. The smallest absolute Gasteiger partial charge is 0.128 e. The number of para-hydroxylation sites is 2. The van der Waals surface area contributed by atoms with Crippen LogP contribution in [0, 0.1) is 28.6 Å². The second kappa shape index (κ2) is 9.21. The number of benzene rings is 4. The van der Waals surface area contributed by atoms with Crippen molar-refractivity contribution in [3.05, 3.63) is 154 Å². The molecule has 5 aromatic rings. The number of nitriles is 2. The van der Waals surface area contributed by atoms with E-state index in [9.17, 15) is 10.5 Å². The Labute approximate surface area is 262 Å². The molecule has 3 atom stereocenters. The van der Waals surface area contributed by atoms with E-state index >= 15 is 0 Å².